The lowest BCUT2D eigenvalue weighted by Crippen LogP contribution is -2.39. The highest BCUT2D eigenvalue weighted by Crippen LogP contribution is 2.39. The maximum Gasteiger partial charge on any atom is 0.326 e. The summed E-state index contributed by atoms with van der Waals surface area (Å²) in [5.74, 6) is 1.41. The molecule has 1 aliphatic heterocycles. The normalized spacial score (nSPS) is 22.2. The van der Waals surface area contributed by atoms with Gasteiger partial charge in [-0.15, -0.1) is 0 Å². The number of carbonyl (C=O) groups is 1. The standard InChI is InChI=1S/C22H26N2O2/c1-3-20-23-18-11-5-8-16-9-6-12-19(22(16)18)24(20)14-21(25)26-17-10-4-7-15(2)13-17/h5-6,8-9,11-12,15,17H,3-4,7,10,13-14H2,1-2H3. The maximum absolute atomic E-state index is 12.7. The van der Waals surface area contributed by atoms with Gasteiger partial charge in [0, 0.05) is 11.8 Å². The maximum atomic E-state index is 12.7. The Kier molecular flexibility index (Phi) is 4.66. The Hall–Kier alpha value is -2.36. The van der Waals surface area contributed by atoms with E-state index >= 15 is 0 Å². The van der Waals surface area contributed by atoms with Crippen LogP contribution in [-0.2, 0) is 9.53 Å². The SMILES string of the molecule is CCC1=Nc2cccc3cccc(c23)N1CC(=O)OC1CCCC(C)C1. The summed E-state index contributed by atoms with van der Waals surface area (Å²) in [4.78, 5) is 19.5. The smallest absolute Gasteiger partial charge is 0.326 e. The molecule has 1 fully saturated rings. The van der Waals surface area contributed by atoms with Crippen LogP contribution in [0, 0.1) is 5.92 Å². The van der Waals surface area contributed by atoms with Crippen molar-refractivity contribution in [1.29, 1.82) is 0 Å². The van der Waals surface area contributed by atoms with Crippen LogP contribution in [0.15, 0.2) is 41.4 Å². The molecule has 1 aliphatic carbocycles. The second-order valence-electron chi connectivity index (χ2n) is 7.50. The summed E-state index contributed by atoms with van der Waals surface area (Å²) >= 11 is 0. The Morgan fingerprint density at radius 2 is 2.04 bits per heavy atom. The molecule has 0 N–H and O–H groups in total. The molecule has 4 nitrogen and oxygen atoms in total. The first-order valence-corrected chi connectivity index (χ1v) is 9.72. The third-order valence-electron chi connectivity index (χ3n) is 5.50. The number of nitrogens with zero attached hydrogens (tertiary/aromatic N) is 2. The lowest BCUT2D eigenvalue weighted by molar-refractivity contribution is -0.149. The molecule has 0 spiro atoms. The van der Waals surface area contributed by atoms with Gasteiger partial charge in [0.2, 0.25) is 0 Å². The van der Waals surface area contributed by atoms with Gasteiger partial charge < -0.3 is 9.64 Å². The Balaban J connectivity index is 1.58. The van der Waals surface area contributed by atoms with Gasteiger partial charge in [0.05, 0.1) is 11.4 Å². The van der Waals surface area contributed by atoms with E-state index in [1.807, 2.05) is 23.1 Å². The van der Waals surface area contributed by atoms with Gasteiger partial charge in [-0.3, -0.25) is 4.79 Å². The van der Waals surface area contributed by atoms with Crippen LogP contribution in [0.2, 0.25) is 0 Å². The van der Waals surface area contributed by atoms with Crippen LogP contribution in [0.4, 0.5) is 11.4 Å². The van der Waals surface area contributed by atoms with Gasteiger partial charge in [0.25, 0.3) is 0 Å². The second kappa shape index (κ2) is 7.10. The van der Waals surface area contributed by atoms with E-state index < -0.39 is 0 Å². The Labute approximate surface area is 154 Å². The third-order valence-corrected chi connectivity index (χ3v) is 5.50. The van der Waals surface area contributed by atoms with Crippen LogP contribution in [0.25, 0.3) is 10.8 Å². The van der Waals surface area contributed by atoms with Crippen LogP contribution < -0.4 is 4.90 Å². The third kappa shape index (κ3) is 3.20. The summed E-state index contributed by atoms with van der Waals surface area (Å²) < 4.78 is 5.81. The number of hydrogen-bond acceptors (Lipinski definition) is 4. The minimum absolute atomic E-state index is 0.0705. The van der Waals surface area contributed by atoms with Crippen LogP contribution >= 0.6 is 0 Å². The largest absolute Gasteiger partial charge is 0.461 e. The monoisotopic (exact) mass is 350 g/mol. The van der Waals surface area contributed by atoms with E-state index in [0.29, 0.717) is 5.92 Å². The summed E-state index contributed by atoms with van der Waals surface area (Å²) in [6.45, 7) is 4.54. The molecule has 136 valence electrons. The summed E-state index contributed by atoms with van der Waals surface area (Å²) in [6, 6.07) is 12.4. The highest BCUT2D eigenvalue weighted by molar-refractivity contribution is 6.15. The predicted molar refractivity (Wildman–Crippen MR) is 106 cm³/mol. The van der Waals surface area contributed by atoms with Gasteiger partial charge in [-0.1, -0.05) is 44.5 Å². The van der Waals surface area contributed by atoms with Gasteiger partial charge in [-0.25, -0.2) is 4.99 Å². The lowest BCUT2D eigenvalue weighted by atomic mass is 9.89. The molecule has 0 bridgehead atoms. The molecule has 2 atom stereocenters. The van der Waals surface area contributed by atoms with Gasteiger partial charge in [-0.05, 0) is 42.7 Å². The van der Waals surface area contributed by atoms with E-state index in [-0.39, 0.29) is 18.6 Å². The van der Waals surface area contributed by atoms with Gasteiger partial charge in [0.1, 0.15) is 18.5 Å². The molecule has 0 radical (unpaired) electrons. The first-order chi connectivity index (χ1) is 12.7. The number of ether oxygens (including phenoxy) is 1. The molecule has 0 amide bonds. The fourth-order valence-corrected chi connectivity index (χ4v) is 4.24. The van der Waals surface area contributed by atoms with Crippen molar-refractivity contribution in [2.75, 3.05) is 11.4 Å². The number of amidine groups is 1. The van der Waals surface area contributed by atoms with E-state index in [2.05, 4.69) is 32.0 Å². The topological polar surface area (TPSA) is 41.9 Å². The summed E-state index contributed by atoms with van der Waals surface area (Å²) in [5, 5.41) is 2.27. The van der Waals surface area contributed by atoms with Crippen molar-refractivity contribution < 1.29 is 9.53 Å². The van der Waals surface area contributed by atoms with Crippen molar-refractivity contribution in [2.24, 2.45) is 10.9 Å². The zero-order valence-electron chi connectivity index (χ0n) is 15.6. The Morgan fingerprint density at radius 3 is 2.81 bits per heavy atom. The van der Waals surface area contributed by atoms with E-state index in [0.717, 1.165) is 53.7 Å². The number of anilines is 1. The van der Waals surface area contributed by atoms with Crippen molar-refractivity contribution in [3.8, 4) is 0 Å². The molecule has 2 unspecified atom stereocenters. The second-order valence-corrected chi connectivity index (χ2v) is 7.50. The first kappa shape index (κ1) is 17.1. The summed E-state index contributed by atoms with van der Waals surface area (Å²) in [5.41, 5.74) is 2.04. The fourth-order valence-electron chi connectivity index (χ4n) is 4.24. The van der Waals surface area contributed by atoms with Crippen LogP contribution in [-0.4, -0.2) is 24.5 Å². The molecule has 1 heterocycles. The average molecular weight is 350 g/mol. The predicted octanol–water partition coefficient (Wildman–Crippen LogP) is 5.22. The Bertz CT molecular complexity index is 853. The molecular formula is C22H26N2O2. The van der Waals surface area contributed by atoms with E-state index in [1.54, 1.807) is 0 Å². The lowest BCUT2D eigenvalue weighted by Gasteiger charge is -2.31. The minimum Gasteiger partial charge on any atom is -0.461 e. The molecule has 26 heavy (non-hydrogen) atoms. The molecule has 2 aromatic carbocycles. The zero-order chi connectivity index (χ0) is 18.1. The molecule has 1 saturated carbocycles. The molecule has 4 rings (SSSR count). The first-order valence-electron chi connectivity index (χ1n) is 9.72. The molecule has 2 aliphatic rings. The highest BCUT2D eigenvalue weighted by atomic mass is 16.5. The molecule has 4 heteroatoms. The fraction of sp³-hybridized carbons (Fsp3) is 0.455. The van der Waals surface area contributed by atoms with Crippen molar-refractivity contribution in [2.45, 2.75) is 52.1 Å². The van der Waals surface area contributed by atoms with E-state index in [4.69, 9.17) is 9.73 Å². The number of rotatable bonds is 4. The average Bonchev–Trinajstić information content (AvgIpc) is 2.64. The van der Waals surface area contributed by atoms with Crippen molar-refractivity contribution in [3.05, 3.63) is 36.4 Å². The molecule has 0 aromatic heterocycles. The van der Waals surface area contributed by atoms with Gasteiger partial charge in [0.15, 0.2) is 0 Å². The summed E-state index contributed by atoms with van der Waals surface area (Å²) in [7, 11) is 0. The number of hydrogen-bond donors (Lipinski definition) is 0. The van der Waals surface area contributed by atoms with Crippen molar-refractivity contribution >= 4 is 34.0 Å². The van der Waals surface area contributed by atoms with E-state index in [1.165, 1.54) is 6.42 Å². The van der Waals surface area contributed by atoms with Gasteiger partial charge >= 0.3 is 5.97 Å². The molecule has 0 saturated heterocycles. The van der Waals surface area contributed by atoms with Crippen LogP contribution in [0.1, 0.15) is 46.0 Å². The van der Waals surface area contributed by atoms with Crippen molar-refractivity contribution in [1.82, 2.24) is 0 Å². The van der Waals surface area contributed by atoms with Gasteiger partial charge in [-0.2, -0.15) is 0 Å². The van der Waals surface area contributed by atoms with Crippen molar-refractivity contribution in [3.63, 3.8) is 0 Å². The van der Waals surface area contributed by atoms with E-state index in [9.17, 15) is 4.79 Å². The molecular weight excluding hydrogens is 324 g/mol. The summed E-state index contributed by atoms with van der Waals surface area (Å²) in [6.07, 6.45) is 5.21. The number of benzene rings is 2. The number of aliphatic imine (C=N–C) groups is 1. The highest BCUT2D eigenvalue weighted by Gasteiger charge is 2.27. The van der Waals surface area contributed by atoms with Crippen LogP contribution in [0.3, 0.4) is 0 Å². The number of esters is 1. The Morgan fingerprint density at radius 1 is 1.23 bits per heavy atom. The minimum atomic E-state index is -0.151. The van der Waals surface area contributed by atoms with Crippen LogP contribution in [0.5, 0.6) is 0 Å². The quantitative estimate of drug-likeness (QED) is 0.710. The zero-order valence-corrected chi connectivity index (χ0v) is 15.6. The number of carbonyl (C=O) groups excluding carboxylic acids is 1. The molecule has 2 aromatic rings.